The molecule has 2 unspecified atom stereocenters. The fourth-order valence-electron chi connectivity index (χ4n) is 3.52. The number of piperazine rings is 1. The van der Waals surface area contributed by atoms with E-state index in [2.05, 4.69) is 14.9 Å². The summed E-state index contributed by atoms with van der Waals surface area (Å²) in [4.78, 5) is 25.5. The molecule has 3 fully saturated rings. The number of amides is 1. The number of halogens is 1. The Morgan fingerprint density at radius 3 is 2.65 bits per heavy atom. The van der Waals surface area contributed by atoms with Gasteiger partial charge in [-0.05, 0) is 25.5 Å². The van der Waals surface area contributed by atoms with Crippen LogP contribution < -0.4 is 4.90 Å². The summed E-state index contributed by atoms with van der Waals surface area (Å²) < 4.78 is 0. The highest BCUT2D eigenvalue weighted by atomic mass is 35.5. The van der Waals surface area contributed by atoms with Crippen molar-refractivity contribution in [3.63, 3.8) is 0 Å². The molecule has 118 valence electrons. The second-order valence-electron chi connectivity index (χ2n) is 6.16. The molecule has 3 saturated heterocycles. The summed E-state index contributed by atoms with van der Waals surface area (Å²) in [6, 6.07) is 9.70. The van der Waals surface area contributed by atoms with E-state index in [1.165, 1.54) is 0 Å². The Morgan fingerprint density at radius 2 is 1.96 bits per heavy atom. The van der Waals surface area contributed by atoms with Gasteiger partial charge in [-0.3, -0.25) is 4.79 Å². The van der Waals surface area contributed by atoms with E-state index < -0.39 is 0 Å². The van der Waals surface area contributed by atoms with Crippen molar-refractivity contribution in [3.8, 4) is 0 Å². The van der Waals surface area contributed by atoms with E-state index in [1.807, 2.05) is 30.0 Å². The summed E-state index contributed by atoms with van der Waals surface area (Å²) in [6.07, 6.45) is 2.65. The molecule has 1 aromatic heterocycles. The highest BCUT2D eigenvalue weighted by molar-refractivity contribution is 6.33. The van der Waals surface area contributed by atoms with Gasteiger partial charge in [-0.1, -0.05) is 23.7 Å². The quantitative estimate of drug-likeness (QED) is 0.850. The lowest BCUT2D eigenvalue weighted by Crippen LogP contribution is -2.70. The maximum absolute atomic E-state index is 12.8. The fourth-order valence-corrected chi connectivity index (χ4v) is 3.73. The first-order chi connectivity index (χ1) is 11.1. The Kier molecular flexibility index (Phi) is 3.45. The predicted octanol–water partition coefficient (Wildman–Crippen LogP) is 2.54. The molecule has 6 heteroatoms. The van der Waals surface area contributed by atoms with Gasteiger partial charge in [0, 0.05) is 24.8 Å². The summed E-state index contributed by atoms with van der Waals surface area (Å²) >= 11 is 6.17. The van der Waals surface area contributed by atoms with Crippen molar-refractivity contribution < 1.29 is 4.79 Å². The Bertz CT molecular complexity index is 754. The van der Waals surface area contributed by atoms with Gasteiger partial charge in [0.2, 0.25) is 0 Å². The summed E-state index contributed by atoms with van der Waals surface area (Å²) in [6.45, 7) is 3.58. The van der Waals surface area contributed by atoms with E-state index in [-0.39, 0.29) is 18.0 Å². The van der Waals surface area contributed by atoms with Crippen LogP contribution in [0.2, 0.25) is 5.02 Å². The molecule has 0 spiro atoms. The van der Waals surface area contributed by atoms with E-state index >= 15 is 0 Å². The fraction of sp³-hybridized carbons (Fsp3) is 0.353. The SMILES string of the molecule is Cc1cc(N2CC3CC(C2)N3C(=O)c2ccccc2Cl)ncn1. The molecular weight excluding hydrogens is 312 g/mol. The first kappa shape index (κ1) is 14.5. The van der Waals surface area contributed by atoms with Gasteiger partial charge in [0.15, 0.2) is 0 Å². The smallest absolute Gasteiger partial charge is 0.255 e. The van der Waals surface area contributed by atoms with Crippen LogP contribution in [0.25, 0.3) is 0 Å². The zero-order valence-electron chi connectivity index (χ0n) is 12.8. The maximum Gasteiger partial charge on any atom is 0.255 e. The summed E-state index contributed by atoms with van der Waals surface area (Å²) in [7, 11) is 0. The number of carbonyl (C=O) groups excluding carboxylic acids is 1. The van der Waals surface area contributed by atoms with Gasteiger partial charge in [0.05, 0.1) is 22.7 Å². The molecule has 2 atom stereocenters. The standard InChI is InChI=1S/C17H17ClN4O/c1-11-6-16(20-10-19-11)21-8-12-7-13(9-21)22(12)17(23)14-4-2-3-5-15(14)18/h2-6,10,12-13H,7-9H2,1H3. The number of benzene rings is 1. The average Bonchev–Trinajstić information content (AvgIpc) is 2.55. The molecule has 23 heavy (non-hydrogen) atoms. The molecule has 2 bridgehead atoms. The molecule has 3 aliphatic heterocycles. The van der Waals surface area contributed by atoms with Crippen LogP contribution in [-0.2, 0) is 0 Å². The Balaban J connectivity index is 1.52. The molecule has 1 aromatic carbocycles. The van der Waals surface area contributed by atoms with Crippen molar-refractivity contribution >= 4 is 23.3 Å². The number of aryl methyl sites for hydroxylation is 1. The van der Waals surface area contributed by atoms with Gasteiger partial charge in [-0.15, -0.1) is 0 Å². The average molecular weight is 329 g/mol. The van der Waals surface area contributed by atoms with Crippen LogP contribution in [0.1, 0.15) is 22.5 Å². The molecule has 0 saturated carbocycles. The normalized spacial score (nSPS) is 22.7. The van der Waals surface area contributed by atoms with Gasteiger partial charge < -0.3 is 9.80 Å². The monoisotopic (exact) mass is 328 g/mol. The van der Waals surface area contributed by atoms with Gasteiger partial charge >= 0.3 is 0 Å². The van der Waals surface area contributed by atoms with Crippen LogP contribution in [0.4, 0.5) is 5.82 Å². The van der Waals surface area contributed by atoms with Gasteiger partial charge in [0.1, 0.15) is 12.1 Å². The third-order valence-electron chi connectivity index (χ3n) is 4.65. The van der Waals surface area contributed by atoms with E-state index in [4.69, 9.17) is 11.6 Å². The number of rotatable bonds is 2. The molecule has 0 radical (unpaired) electrons. The summed E-state index contributed by atoms with van der Waals surface area (Å²) in [5.41, 5.74) is 1.55. The minimum absolute atomic E-state index is 0.0374. The van der Waals surface area contributed by atoms with Crippen molar-refractivity contribution in [3.05, 3.63) is 52.9 Å². The lowest BCUT2D eigenvalue weighted by Gasteiger charge is -2.56. The van der Waals surface area contributed by atoms with Crippen molar-refractivity contribution in [1.29, 1.82) is 0 Å². The second kappa shape index (κ2) is 5.49. The lowest BCUT2D eigenvalue weighted by atomic mass is 9.86. The molecule has 5 nitrogen and oxygen atoms in total. The molecule has 5 rings (SSSR count). The number of anilines is 1. The zero-order chi connectivity index (χ0) is 16.0. The third kappa shape index (κ3) is 2.45. The minimum atomic E-state index is 0.0374. The molecule has 2 aromatic rings. The van der Waals surface area contributed by atoms with E-state index in [1.54, 1.807) is 18.5 Å². The number of hydrogen-bond donors (Lipinski definition) is 0. The zero-order valence-corrected chi connectivity index (χ0v) is 13.6. The summed E-state index contributed by atoms with van der Waals surface area (Å²) in [5, 5.41) is 0.519. The second-order valence-corrected chi connectivity index (χ2v) is 6.57. The first-order valence-electron chi connectivity index (χ1n) is 7.74. The van der Waals surface area contributed by atoms with E-state index in [0.717, 1.165) is 31.0 Å². The van der Waals surface area contributed by atoms with Crippen LogP contribution in [0, 0.1) is 6.92 Å². The van der Waals surface area contributed by atoms with E-state index in [0.29, 0.717) is 10.6 Å². The van der Waals surface area contributed by atoms with Crippen molar-refractivity contribution in [2.45, 2.75) is 25.4 Å². The number of nitrogens with zero attached hydrogens (tertiary/aromatic N) is 4. The van der Waals surface area contributed by atoms with Crippen LogP contribution in [0.15, 0.2) is 36.7 Å². The van der Waals surface area contributed by atoms with Gasteiger partial charge in [0.25, 0.3) is 5.91 Å². The predicted molar refractivity (Wildman–Crippen MR) is 88.8 cm³/mol. The number of hydrogen-bond acceptors (Lipinski definition) is 4. The van der Waals surface area contributed by atoms with Gasteiger partial charge in [-0.25, -0.2) is 9.97 Å². The van der Waals surface area contributed by atoms with Crippen LogP contribution in [0.3, 0.4) is 0 Å². The van der Waals surface area contributed by atoms with Crippen LogP contribution in [0.5, 0.6) is 0 Å². The van der Waals surface area contributed by atoms with Crippen molar-refractivity contribution in [2.75, 3.05) is 18.0 Å². The van der Waals surface area contributed by atoms with Crippen LogP contribution >= 0.6 is 11.6 Å². The molecular formula is C17H17ClN4O. The highest BCUT2D eigenvalue weighted by Gasteiger charge is 2.47. The number of aromatic nitrogens is 2. The minimum Gasteiger partial charge on any atom is -0.352 e. The largest absolute Gasteiger partial charge is 0.352 e. The van der Waals surface area contributed by atoms with Crippen molar-refractivity contribution in [2.24, 2.45) is 0 Å². The third-order valence-corrected chi connectivity index (χ3v) is 4.97. The highest BCUT2D eigenvalue weighted by Crippen LogP contribution is 2.36. The lowest BCUT2D eigenvalue weighted by molar-refractivity contribution is 0.00577. The van der Waals surface area contributed by atoms with Gasteiger partial charge in [-0.2, -0.15) is 0 Å². The Hall–Kier alpha value is -2.14. The van der Waals surface area contributed by atoms with E-state index in [9.17, 15) is 4.79 Å². The number of piperidine rings is 1. The first-order valence-corrected chi connectivity index (χ1v) is 8.12. The molecule has 3 aliphatic rings. The van der Waals surface area contributed by atoms with Crippen molar-refractivity contribution in [1.82, 2.24) is 14.9 Å². The van der Waals surface area contributed by atoms with Crippen LogP contribution in [-0.4, -0.2) is 45.9 Å². The molecule has 0 N–H and O–H groups in total. The Morgan fingerprint density at radius 1 is 1.22 bits per heavy atom. The Labute approximate surface area is 139 Å². The topological polar surface area (TPSA) is 49.3 Å². The number of fused-ring (bicyclic) bond motifs is 2. The number of carbonyl (C=O) groups is 1. The molecule has 4 heterocycles. The molecule has 1 amide bonds. The summed E-state index contributed by atoms with van der Waals surface area (Å²) in [5.74, 6) is 0.979. The maximum atomic E-state index is 12.8. The molecule has 0 aliphatic carbocycles.